The van der Waals surface area contributed by atoms with E-state index in [0.29, 0.717) is 37.6 Å². The average Bonchev–Trinajstić information content (AvgIpc) is 3.06. The molecule has 1 N–H and O–H groups in total. The molecule has 0 radical (unpaired) electrons. The van der Waals surface area contributed by atoms with Gasteiger partial charge in [0.1, 0.15) is 18.1 Å². The van der Waals surface area contributed by atoms with E-state index in [4.69, 9.17) is 35.3 Å². The molecule has 2 aromatic rings. The number of ether oxygens (including phenoxy) is 4. The molecule has 3 atom stereocenters. The molecule has 0 aliphatic heterocycles. The second-order valence-electron chi connectivity index (χ2n) is 12.3. The minimum absolute atomic E-state index is 0.156. The average molecular weight is 711 g/mol. The van der Waals surface area contributed by atoms with Crippen molar-refractivity contribution in [3.8, 4) is 11.5 Å². The van der Waals surface area contributed by atoms with Crippen LogP contribution in [0.15, 0.2) is 60.7 Å². The Kier molecular flexibility index (Phi) is 22.3. The molecule has 6 nitrogen and oxygen atoms in total. The molecule has 0 saturated carbocycles. The van der Waals surface area contributed by atoms with E-state index in [9.17, 15) is 4.89 Å². The maximum absolute atomic E-state index is 12.1. The number of hydrogen-bond donors (Lipinski definition) is 1. The Morgan fingerprint density at radius 1 is 0.596 bits per heavy atom. The predicted octanol–water partition coefficient (Wildman–Crippen LogP) is 11.9. The first-order valence-electron chi connectivity index (χ1n) is 18.2. The minimum Gasteiger partial charge on any atom is -0.474 e. The Labute approximate surface area is 296 Å². The van der Waals surface area contributed by atoms with Gasteiger partial charge in [0.15, 0.2) is 4.93 Å². The van der Waals surface area contributed by atoms with Gasteiger partial charge in [-0.15, -0.1) is 0 Å². The molecule has 0 heterocycles. The molecule has 0 bridgehead atoms. The largest absolute Gasteiger partial charge is 0.474 e. The first kappa shape index (κ1) is 42.0. The quantitative estimate of drug-likeness (QED) is 0.0488. The minimum atomic E-state index is -3.59. The van der Waals surface area contributed by atoms with E-state index in [-0.39, 0.29) is 13.2 Å². The lowest BCUT2D eigenvalue weighted by Crippen LogP contribution is -2.44. The Hall–Kier alpha value is -1.12. The molecule has 268 valence electrons. The van der Waals surface area contributed by atoms with E-state index in [2.05, 4.69) is 13.8 Å². The maximum atomic E-state index is 12.1. The molecule has 47 heavy (non-hydrogen) atoms. The molecule has 0 amide bonds. The van der Waals surface area contributed by atoms with Gasteiger partial charge in [0.25, 0.3) is 5.69 Å². The van der Waals surface area contributed by atoms with Crippen molar-refractivity contribution in [1.82, 2.24) is 0 Å². The molecular formula is C38H63O6PS2. The Balaban J connectivity index is 2.35. The number of unbranched alkanes of at least 4 members (excludes halogenated alkanes) is 12. The SMILES string of the molecule is CCCCCCCCCC(COCC)(Oc1ccccc1)OP(O)(=S)SC(CCCCCCCCC)(COCC)Oc1ccccc1. The maximum Gasteiger partial charge on any atom is 0.252 e. The number of hydrogen-bond acceptors (Lipinski definition) is 7. The first-order valence-corrected chi connectivity index (χ1v) is 22.3. The van der Waals surface area contributed by atoms with Crippen LogP contribution >= 0.6 is 17.1 Å². The van der Waals surface area contributed by atoms with Crippen LogP contribution in [0.2, 0.25) is 0 Å². The number of para-hydroxylation sites is 2. The van der Waals surface area contributed by atoms with Crippen molar-refractivity contribution in [1.29, 1.82) is 0 Å². The smallest absolute Gasteiger partial charge is 0.252 e. The van der Waals surface area contributed by atoms with Gasteiger partial charge >= 0.3 is 0 Å². The van der Waals surface area contributed by atoms with Crippen LogP contribution in [0.5, 0.6) is 11.5 Å². The van der Waals surface area contributed by atoms with Gasteiger partial charge in [-0.2, -0.15) is 0 Å². The van der Waals surface area contributed by atoms with E-state index in [1.165, 1.54) is 69.2 Å². The van der Waals surface area contributed by atoms with Crippen molar-refractivity contribution < 1.29 is 28.4 Å². The van der Waals surface area contributed by atoms with Crippen molar-refractivity contribution in [2.45, 2.75) is 141 Å². The van der Waals surface area contributed by atoms with Crippen LogP contribution in [0.1, 0.15) is 130 Å². The zero-order valence-corrected chi connectivity index (χ0v) is 32.2. The molecule has 2 rings (SSSR count). The second-order valence-corrected chi connectivity index (χ2v) is 18.6. The van der Waals surface area contributed by atoms with Crippen LogP contribution in [-0.4, -0.2) is 42.0 Å². The second kappa shape index (κ2) is 24.9. The van der Waals surface area contributed by atoms with E-state index < -0.39 is 16.4 Å². The van der Waals surface area contributed by atoms with Gasteiger partial charge < -0.3 is 23.8 Å². The van der Waals surface area contributed by atoms with Gasteiger partial charge in [0.2, 0.25) is 5.79 Å². The molecule has 0 aliphatic carbocycles. The first-order chi connectivity index (χ1) is 22.8. The molecule has 0 saturated heterocycles. The Morgan fingerprint density at radius 3 is 1.55 bits per heavy atom. The lowest BCUT2D eigenvalue weighted by molar-refractivity contribution is -0.160. The highest BCUT2D eigenvalue weighted by Crippen LogP contribution is 2.65. The monoisotopic (exact) mass is 710 g/mol. The van der Waals surface area contributed by atoms with Crippen LogP contribution in [0, 0.1) is 0 Å². The van der Waals surface area contributed by atoms with E-state index in [1.807, 2.05) is 74.5 Å². The van der Waals surface area contributed by atoms with Gasteiger partial charge in [-0.1, -0.05) is 127 Å². The topological polar surface area (TPSA) is 66.4 Å². The molecule has 0 fully saturated rings. The summed E-state index contributed by atoms with van der Waals surface area (Å²) in [4.78, 5) is 11.2. The third kappa shape index (κ3) is 18.4. The fraction of sp³-hybridized carbons (Fsp3) is 0.684. The fourth-order valence-corrected chi connectivity index (χ4v) is 11.1. The molecule has 9 heteroatoms. The van der Waals surface area contributed by atoms with Crippen molar-refractivity contribution in [3.63, 3.8) is 0 Å². The molecular weight excluding hydrogens is 648 g/mol. The molecule has 0 spiro atoms. The molecule has 2 aromatic carbocycles. The lowest BCUT2D eigenvalue weighted by atomic mass is 10.0. The third-order valence-electron chi connectivity index (χ3n) is 8.03. The molecule has 0 aliphatic rings. The van der Waals surface area contributed by atoms with Crippen molar-refractivity contribution in [2.24, 2.45) is 0 Å². The predicted molar refractivity (Wildman–Crippen MR) is 203 cm³/mol. The van der Waals surface area contributed by atoms with Gasteiger partial charge in [0.05, 0.1) is 6.61 Å². The van der Waals surface area contributed by atoms with Crippen LogP contribution in [0.25, 0.3) is 0 Å². The lowest BCUT2D eigenvalue weighted by Gasteiger charge is -2.40. The zero-order chi connectivity index (χ0) is 34.1. The van der Waals surface area contributed by atoms with E-state index >= 15 is 0 Å². The summed E-state index contributed by atoms with van der Waals surface area (Å²) in [5, 5.41) is 0. The Morgan fingerprint density at radius 2 is 1.04 bits per heavy atom. The Bertz CT molecular complexity index is 997. The van der Waals surface area contributed by atoms with Crippen molar-refractivity contribution >= 4 is 28.9 Å². The summed E-state index contributed by atoms with van der Waals surface area (Å²) >= 11 is 7.21. The number of rotatable bonds is 30. The molecule has 3 unspecified atom stereocenters. The van der Waals surface area contributed by atoms with Gasteiger partial charge in [0, 0.05) is 19.6 Å². The van der Waals surface area contributed by atoms with Crippen LogP contribution in [-0.2, 0) is 25.8 Å². The summed E-state index contributed by atoms with van der Waals surface area (Å²) < 4.78 is 32.1. The van der Waals surface area contributed by atoms with Gasteiger partial charge in [-0.05, 0) is 80.6 Å². The number of benzene rings is 2. The van der Waals surface area contributed by atoms with E-state index in [1.54, 1.807) is 0 Å². The summed E-state index contributed by atoms with van der Waals surface area (Å²) in [6.45, 7) is 9.85. The van der Waals surface area contributed by atoms with Crippen LogP contribution < -0.4 is 9.47 Å². The highest BCUT2D eigenvalue weighted by atomic mass is 32.9. The van der Waals surface area contributed by atoms with E-state index in [0.717, 1.165) is 32.1 Å². The summed E-state index contributed by atoms with van der Waals surface area (Å²) in [5.74, 6) is 0.114. The fourth-order valence-electron chi connectivity index (χ4n) is 5.55. The highest BCUT2D eigenvalue weighted by molar-refractivity contribution is 8.68. The molecule has 0 aromatic heterocycles. The summed E-state index contributed by atoms with van der Waals surface area (Å²) in [7, 11) is 0. The van der Waals surface area contributed by atoms with Gasteiger partial charge in [-0.3, -0.25) is 4.52 Å². The van der Waals surface area contributed by atoms with Crippen LogP contribution in [0.4, 0.5) is 0 Å². The highest BCUT2D eigenvalue weighted by Gasteiger charge is 2.45. The normalized spacial score (nSPS) is 15.4. The van der Waals surface area contributed by atoms with Gasteiger partial charge in [-0.25, -0.2) is 0 Å². The summed E-state index contributed by atoms with van der Waals surface area (Å²) in [6.07, 6.45) is 17.4. The standard InChI is InChI=1S/C38H63O6PS2/c1-5-9-11-13-15-17-25-31-37(33-40-7-3,42-35-27-21-19-22-28-35)44-45(39,46)47-38(34-41-8-4,43-36-29-23-20-24-30-36)32-26-18-16-14-12-10-6-2/h19-24,27-30H,5-18,25-26,31-34H2,1-4H3,(H,39,46). The summed E-state index contributed by atoms with van der Waals surface area (Å²) in [6, 6.07) is 19.4. The third-order valence-corrected chi connectivity index (χ3v) is 12.4. The zero-order valence-electron chi connectivity index (χ0n) is 29.7. The van der Waals surface area contributed by atoms with Crippen LogP contribution in [0.3, 0.4) is 0 Å². The van der Waals surface area contributed by atoms with Crippen molar-refractivity contribution in [3.05, 3.63) is 60.7 Å². The summed E-state index contributed by atoms with van der Waals surface area (Å²) in [5.41, 5.74) is -3.59. The van der Waals surface area contributed by atoms with Crippen molar-refractivity contribution in [2.75, 3.05) is 26.4 Å².